The molecule has 3 aromatic rings. The van der Waals surface area contributed by atoms with Crippen LogP contribution in [0.3, 0.4) is 0 Å². The van der Waals surface area contributed by atoms with Gasteiger partial charge in [0, 0.05) is 17.7 Å². The summed E-state index contributed by atoms with van der Waals surface area (Å²) in [5.41, 5.74) is 3.30. The van der Waals surface area contributed by atoms with Crippen molar-refractivity contribution in [2.24, 2.45) is 0 Å². The minimum Gasteiger partial charge on any atom is -0.352 e. The van der Waals surface area contributed by atoms with Crippen LogP contribution in [0.4, 0.5) is 0 Å². The van der Waals surface area contributed by atoms with Gasteiger partial charge >= 0.3 is 0 Å². The lowest BCUT2D eigenvalue weighted by Crippen LogP contribution is -2.27. The van der Waals surface area contributed by atoms with E-state index in [1.807, 2.05) is 67.6 Å². The average Bonchev–Trinajstić information content (AvgIpc) is 2.75. The summed E-state index contributed by atoms with van der Waals surface area (Å²) in [6.45, 7) is 2.52. The van der Waals surface area contributed by atoms with Crippen LogP contribution >= 0.6 is 0 Å². The highest BCUT2D eigenvalue weighted by molar-refractivity contribution is 5.97. The van der Waals surface area contributed by atoms with Gasteiger partial charge in [0.2, 0.25) is 0 Å². The minimum atomic E-state index is -0.160. The van der Waals surface area contributed by atoms with E-state index >= 15 is 0 Å². The second-order valence-corrected chi connectivity index (χ2v) is 6.67. The first-order chi connectivity index (χ1) is 13.6. The van der Waals surface area contributed by atoms with Gasteiger partial charge in [0.05, 0.1) is 6.04 Å². The number of amides is 2. The summed E-state index contributed by atoms with van der Waals surface area (Å²) in [5, 5.41) is 5.88. The Labute approximate surface area is 165 Å². The summed E-state index contributed by atoms with van der Waals surface area (Å²) in [7, 11) is 0. The molecule has 28 heavy (non-hydrogen) atoms. The molecule has 0 fully saturated rings. The van der Waals surface area contributed by atoms with Gasteiger partial charge in [-0.05, 0) is 48.7 Å². The zero-order chi connectivity index (χ0) is 19.8. The largest absolute Gasteiger partial charge is 0.352 e. The Morgan fingerprint density at radius 2 is 1.29 bits per heavy atom. The van der Waals surface area contributed by atoms with Crippen LogP contribution in [-0.2, 0) is 6.42 Å². The fraction of sp³-hybridized carbons (Fsp3) is 0.167. The highest BCUT2D eigenvalue weighted by atomic mass is 16.2. The number of rotatable bonds is 7. The highest BCUT2D eigenvalue weighted by Gasteiger charge is 2.12. The maximum absolute atomic E-state index is 12.4. The quantitative estimate of drug-likeness (QED) is 0.655. The zero-order valence-corrected chi connectivity index (χ0v) is 15.9. The van der Waals surface area contributed by atoms with Crippen LogP contribution in [0.5, 0.6) is 0 Å². The van der Waals surface area contributed by atoms with Crippen LogP contribution < -0.4 is 10.6 Å². The van der Waals surface area contributed by atoms with E-state index in [-0.39, 0.29) is 17.9 Å². The third kappa shape index (κ3) is 5.30. The van der Waals surface area contributed by atoms with Crippen molar-refractivity contribution in [2.45, 2.75) is 19.4 Å². The molecule has 4 heteroatoms. The van der Waals surface area contributed by atoms with Crippen molar-refractivity contribution in [3.63, 3.8) is 0 Å². The van der Waals surface area contributed by atoms with Gasteiger partial charge in [-0.15, -0.1) is 0 Å². The Morgan fingerprint density at radius 3 is 1.89 bits per heavy atom. The molecule has 0 saturated heterocycles. The maximum atomic E-state index is 12.4. The SMILES string of the molecule is CC(NC(=O)c1ccc(C(=O)NCCc2ccccc2)cc1)c1ccccc1. The molecule has 142 valence electrons. The Bertz CT molecular complexity index is 906. The Hall–Kier alpha value is -3.40. The number of nitrogens with one attached hydrogen (secondary N) is 2. The summed E-state index contributed by atoms with van der Waals surface area (Å²) < 4.78 is 0. The molecule has 0 heterocycles. The molecule has 0 bridgehead atoms. The van der Waals surface area contributed by atoms with E-state index in [0.29, 0.717) is 17.7 Å². The van der Waals surface area contributed by atoms with Gasteiger partial charge < -0.3 is 10.6 Å². The first-order valence-electron chi connectivity index (χ1n) is 9.41. The van der Waals surface area contributed by atoms with Gasteiger partial charge in [-0.2, -0.15) is 0 Å². The van der Waals surface area contributed by atoms with E-state index in [0.717, 1.165) is 12.0 Å². The van der Waals surface area contributed by atoms with E-state index in [2.05, 4.69) is 10.6 Å². The number of carbonyl (C=O) groups is 2. The van der Waals surface area contributed by atoms with E-state index in [4.69, 9.17) is 0 Å². The molecule has 3 rings (SSSR count). The average molecular weight is 372 g/mol. The molecule has 0 aliphatic carbocycles. The smallest absolute Gasteiger partial charge is 0.251 e. The molecule has 0 spiro atoms. The molecule has 2 amide bonds. The van der Waals surface area contributed by atoms with Gasteiger partial charge in [-0.3, -0.25) is 9.59 Å². The van der Waals surface area contributed by atoms with Gasteiger partial charge in [0.25, 0.3) is 11.8 Å². The predicted octanol–water partition coefficient (Wildman–Crippen LogP) is 4.15. The Morgan fingerprint density at radius 1 is 0.750 bits per heavy atom. The van der Waals surface area contributed by atoms with Gasteiger partial charge in [-0.25, -0.2) is 0 Å². The summed E-state index contributed by atoms with van der Waals surface area (Å²) in [6, 6.07) is 26.5. The minimum absolute atomic E-state index is 0.0883. The van der Waals surface area contributed by atoms with Crippen LogP contribution in [0, 0.1) is 0 Å². The molecule has 4 nitrogen and oxygen atoms in total. The fourth-order valence-electron chi connectivity index (χ4n) is 2.95. The molecular weight excluding hydrogens is 348 g/mol. The maximum Gasteiger partial charge on any atom is 0.251 e. The molecule has 1 atom stereocenters. The predicted molar refractivity (Wildman–Crippen MR) is 111 cm³/mol. The topological polar surface area (TPSA) is 58.2 Å². The van der Waals surface area contributed by atoms with E-state index in [1.54, 1.807) is 24.3 Å². The van der Waals surface area contributed by atoms with Gasteiger partial charge in [0.1, 0.15) is 0 Å². The molecular formula is C24H24N2O2. The lowest BCUT2D eigenvalue weighted by atomic mass is 10.1. The molecule has 0 aliphatic rings. The summed E-state index contributed by atoms with van der Waals surface area (Å²) >= 11 is 0. The van der Waals surface area contributed by atoms with Crippen molar-refractivity contribution in [1.82, 2.24) is 10.6 Å². The van der Waals surface area contributed by atoms with Crippen molar-refractivity contribution >= 4 is 11.8 Å². The fourth-order valence-corrected chi connectivity index (χ4v) is 2.95. The number of benzene rings is 3. The molecule has 0 aromatic heterocycles. The Kier molecular flexibility index (Phi) is 6.58. The standard InChI is InChI=1S/C24H24N2O2/c1-18(20-10-6-3-7-11-20)26-24(28)22-14-12-21(13-15-22)23(27)25-17-16-19-8-4-2-5-9-19/h2-15,18H,16-17H2,1H3,(H,25,27)(H,26,28). The van der Waals surface area contributed by atoms with Crippen LogP contribution in [0.15, 0.2) is 84.9 Å². The van der Waals surface area contributed by atoms with E-state index in [1.165, 1.54) is 5.56 Å². The third-order valence-corrected chi connectivity index (χ3v) is 4.60. The molecule has 3 aromatic carbocycles. The van der Waals surface area contributed by atoms with Crippen molar-refractivity contribution in [3.8, 4) is 0 Å². The molecule has 2 N–H and O–H groups in total. The lowest BCUT2D eigenvalue weighted by Gasteiger charge is -2.14. The van der Waals surface area contributed by atoms with Crippen LogP contribution in [-0.4, -0.2) is 18.4 Å². The third-order valence-electron chi connectivity index (χ3n) is 4.60. The number of carbonyl (C=O) groups excluding carboxylic acids is 2. The van der Waals surface area contributed by atoms with E-state index < -0.39 is 0 Å². The first-order valence-corrected chi connectivity index (χ1v) is 9.41. The summed E-state index contributed by atoms with van der Waals surface area (Å²) in [5.74, 6) is -0.298. The molecule has 1 unspecified atom stereocenters. The monoisotopic (exact) mass is 372 g/mol. The first kappa shape index (κ1) is 19.4. The second-order valence-electron chi connectivity index (χ2n) is 6.67. The van der Waals surface area contributed by atoms with Crippen molar-refractivity contribution in [3.05, 3.63) is 107 Å². The van der Waals surface area contributed by atoms with Crippen LogP contribution in [0.1, 0.15) is 44.8 Å². The number of hydrogen-bond acceptors (Lipinski definition) is 2. The molecule has 0 saturated carbocycles. The second kappa shape index (κ2) is 9.51. The van der Waals surface area contributed by atoms with Crippen LogP contribution in [0.2, 0.25) is 0 Å². The van der Waals surface area contributed by atoms with Gasteiger partial charge in [0.15, 0.2) is 0 Å². The Balaban J connectivity index is 1.52. The van der Waals surface area contributed by atoms with Crippen molar-refractivity contribution < 1.29 is 9.59 Å². The molecule has 0 aliphatic heterocycles. The van der Waals surface area contributed by atoms with Crippen molar-refractivity contribution in [1.29, 1.82) is 0 Å². The van der Waals surface area contributed by atoms with Crippen LogP contribution in [0.25, 0.3) is 0 Å². The van der Waals surface area contributed by atoms with Crippen molar-refractivity contribution in [2.75, 3.05) is 6.54 Å². The molecule has 0 radical (unpaired) electrons. The summed E-state index contributed by atoms with van der Waals surface area (Å²) in [6.07, 6.45) is 0.782. The lowest BCUT2D eigenvalue weighted by molar-refractivity contribution is 0.0933. The normalized spacial score (nSPS) is 11.5. The van der Waals surface area contributed by atoms with E-state index in [9.17, 15) is 9.59 Å². The summed E-state index contributed by atoms with van der Waals surface area (Å²) in [4.78, 5) is 24.7. The van der Waals surface area contributed by atoms with Gasteiger partial charge in [-0.1, -0.05) is 60.7 Å². The zero-order valence-electron chi connectivity index (χ0n) is 15.9. The number of hydrogen-bond donors (Lipinski definition) is 2. The highest BCUT2D eigenvalue weighted by Crippen LogP contribution is 2.13.